The van der Waals surface area contributed by atoms with Crippen molar-refractivity contribution in [2.45, 2.75) is 13.3 Å². The number of aromatic nitrogens is 6. The van der Waals surface area contributed by atoms with Crippen molar-refractivity contribution in [2.24, 2.45) is 0 Å². The summed E-state index contributed by atoms with van der Waals surface area (Å²) in [5.74, 6) is -0.262. The minimum absolute atomic E-state index is 0.262. The number of pyridine rings is 3. The SMILES string of the molecule is CCc1cc(F)cc(-c2nccc3[nH]c(-c4n[nH]c5ccc(-c6cncc(N(C)C)c6)nc45)cc23)c1. The second kappa shape index (κ2) is 8.57. The smallest absolute Gasteiger partial charge is 0.135 e. The maximum Gasteiger partial charge on any atom is 0.135 e. The summed E-state index contributed by atoms with van der Waals surface area (Å²) in [5, 5.41) is 8.55. The Morgan fingerprint density at radius 3 is 2.64 bits per heavy atom. The molecule has 0 fully saturated rings. The number of halogens is 1. The number of nitrogens with one attached hydrogen (secondary N) is 2. The van der Waals surface area contributed by atoms with Crippen LogP contribution in [0.3, 0.4) is 0 Å². The standard InChI is InChI=1S/C28H24FN7/c1-4-16-9-17(11-19(29)10-16)26-21-13-25(32-23(21)7-8-31-26)28-27-24(34-35-28)6-5-22(33-27)18-12-20(36(2)3)15-30-14-18/h5-15,32H,4H2,1-3H3,(H,34,35). The van der Waals surface area contributed by atoms with Crippen molar-refractivity contribution in [1.29, 1.82) is 0 Å². The second-order valence-corrected chi connectivity index (χ2v) is 9.00. The fraction of sp³-hybridized carbons (Fsp3) is 0.143. The van der Waals surface area contributed by atoms with Gasteiger partial charge in [0.1, 0.15) is 17.0 Å². The van der Waals surface area contributed by atoms with Crippen molar-refractivity contribution in [3.8, 4) is 33.9 Å². The molecule has 0 spiro atoms. The van der Waals surface area contributed by atoms with Gasteiger partial charge in [-0.2, -0.15) is 5.10 Å². The van der Waals surface area contributed by atoms with Crippen molar-refractivity contribution in [3.05, 3.63) is 78.5 Å². The van der Waals surface area contributed by atoms with Crippen LogP contribution in [-0.2, 0) is 6.42 Å². The number of fused-ring (bicyclic) bond motifs is 2. The molecule has 6 rings (SSSR count). The molecular formula is C28H24FN7. The fourth-order valence-electron chi connectivity index (χ4n) is 4.46. The maximum atomic E-state index is 14.3. The van der Waals surface area contributed by atoms with E-state index >= 15 is 0 Å². The molecule has 1 aromatic carbocycles. The number of aryl methyl sites for hydroxylation is 1. The van der Waals surface area contributed by atoms with Gasteiger partial charge in [-0.1, -0.05) is 6.92 Å². The first kappa shape index (κ1) is 21.9. The molecule has 36 heavy (non-hydrogen) atoms. The summed E-state index contributed by atoms with van der Waals surface area (Å²) >= 11 is 0. The number of nitrogens with zero attached hydrogens (tertiary/aromatic N) is 5. The first-order chi connectivity index (χ1) is 17.5. The third kappa shape index (κ3) is 3.76. The zero-order chi connectivity index (χ0) is 24.8. The minimum atomic E-state index is -0.262. The van der Waals surface area contributed by atoms with E-state index in [1.54, 1.807) is 12.3 Å². The van der Waals surface area contributed by atoms with E-state index in [0.717, 1.165) is 67.8 Å². The monoisotopic (exact) mass is 477 g/mol. The van der Waals surface area contributed by atoms with Gasteiger partial charge < -0.3 is 9.88 Å². The number of anilines is 1. The number of aromatic amines is 2. The maximum absolute atomic E-state index is 14.3. The van der Waals surface area contributed by atoms with Crippen LogP contribution in [-0.4, -0.2) is 44.2 Å². The van der Waals surface area contributed by atoms with E-state index in [1.165, 1.54) is 6.07 Å². The highest BCUT2D eigenvalue weighted by molar-refractivity contribution is 5.99. The number of H-pyrrole nitrogens is 2. The van der Waals surface area contributed by atoms with Crippen LogP contribution in [0.15, 0.2) is 67.1 Å². The Bertz CT molecular complexity index is 1730. The fourth-order valence-corrected chi connectivity index (χ4v) is 4.46. The molecule has 8 heteroatoms. The van der Waals surface area contributed by atoms with Gasteiger partial charge in [0.15, 0.2) is 0 Å². The molecule has 0 unspecified atom stereocenters. The predicted molar refractivity (Wildman–Crippen MR) is 141 cm³/mol. The summed E-state index contributed by atoms with van der Waals surface area (Å²) in [6.45, 7) is 2.01. The Kier molecular flexibility index (Phi) is 5.21. The molecule has 0 aliphatic heterocycles. The van der Waals surface area contributed by atoms with Crippen LogP contribution in [0.4, 0.5) is 10.1 Å². The molecule has 0 aliphatic rings. The molecule has 0 radical (unpaired) electrons. The molecule has 5 heterocycles. The summed E-state index contributed by atoms with van der Waals surface area (Å²) in [4.78, 5) is 19.3. The molecule has 5 aromatic heterocycles. The van der Waals surface area contributed by atoms with Gasteiger partial charge >= 0.3 is 0 Å². The molecule has 0 atom stereocenters. The molecule has 0 amide bonds. The van der Waals surface area contributed by atoms with E-state index < -0.39 is 0 Å². The van der Waals surface area contributed by atoms with Crippen LogP contribution >= 0.6 is 0 Å². The Balaban J connectivity index is 1.47. The van der Waals surface area contributed by atoms with E-state index in [-0.39, 0.29) is 5.82 Å². The quantitative estimate of drug-likeness (QED) is 0.318. The second-order valence-electron chi connectivity index (χ2n) is 9.00. The molecule has 6 aromatic rings. The van der Waals surface area contributed by atoms with Crippen molar-refractivity contribution in [3.63, 3.8) is 0 Å². The molecule has 0 aliphatic carbocycles. The highest BCUT2D eigenvalue weighted by Gasteiger charge is 2.17. The Hall–Kier alpha value is -4.59. The van der Waals surface area contributed by atoms with Crippen molar-refractivity contribution >= 4 is 27.6 Å². The normalized spacial score (nSPS) is 11.4. The summed E-state index contributed by atoms with van der Waals surface area (Å²) < 4.78 is 14.3. The average Bonchev–Trinajstić information content (AvgIpc) is 3.51. The van der Waals surface area contributed by atoms with Gasteiger partial charge in [-0.25, -0.2) is 9.37 Å². The Morgan fingerprint density at radius 1 is 0.917 bits per heavy atom. The van der Waals surface area contributed by atoms with Gasteiger partial charge in [-0.15, -0.1) is 0 Å². The van der Waals surface area contributed by atoms with Crippen LogP contribution in [0, 0.1) is 5.82 Å². The van der Waals surface area contributed by atoms with E-state index in [2.05, 4.69) is 31.2 Å². The van der Waals surface area contributed by atoms with Crippen LogP contribution < -0.4 is 4.90 Å². The third-order valence-corrected chi connectivity index (χ3v) is 6.39. The van der Waals surface area contributed by atoms with Crippen LogP contribution in [0.5, 0.6) is 0 Å². The van der Waals surface area contributed by atoms with Crippen LogP contribution in [0.25, 0.3) is 55.8 Å². The Morgan fingerprint density at radius 2 is 1.81 bits per heavy atom. The largest absolute Gasteiger partial charge is 0.376 e. The lowest BCUT2D eigenvalue weighted by Crippen LogP contribution is -2.08. The Labute approximate surface area is 207 Å². The molecule has 7 nitrogen and oxygen atoms in total. The summed E-state index contributed by atoms with van der Waals surface area (Å²) in [6.07, 6.45) is 6.12. The molecule has 0 saturated heterocycles. The number of rotatable bonds is 5. The van der Waals surface area contributed by atoms with Gasteiger partial charge in [-0.3, -0.25) is 15.1 Å². The zero-order valence-electron chi connectivity index (χ0n) is 20.2. The van der Waals surface area contributed by atoms with Gasteiger partial charge in [-0.05, 0) is 60.5 Å². The summed E-state index contributed by atoms with van der Waals surface area (Å²) in [7, 11) is 3.97. The molecule has 0 bridgehead atoms. The van der Waals surface area contributed by atoms with Gasteiger partial charge in [0.25, 0.3) is 0 Å². The van der Waals surface area contributed by atoms with Gasteiger partial charge in [0, 0.05) is 48.5 Å². The topological polar surface area (TPSA) is 86.4 Å². The van der Waals surface area contributed by atoms with E-state index in [9.17, 15) is 4.39 Å². The zero-order valence-corrected chi connectivity index (χ0v) is 20.2. The van der Waals surface area contributed by atoms with Crippen LogP contribution in [0.2, 0.25) is 0 Å². The molecule has 0 saturated carbocycles. The number of benzene rings is 1. The van der Waals surface area contributed by atoms with Crippen LogP contribution in [0.1, 0.15) is 12.5 Å². The average molecular weight is 478 g/mol. The van der Waals surface area contributed by atoms with Gasteiger partial charge in [0.05, 0.1) is 34.5 Å². The first-order valence-electron chi connectivity index (χ1n) is 11.8. The third-order valence-electron chi connectivity index (χ3n) is 6.39. The van der Waals surface area contributed by atoms with Crippen molar-refractivity contribution in [2.75, 3.05) is 19.0 Å². The first-order valence-corrected chi connectivity index (χ1v) is 11.8. The van der Waals surface area contributed by atoms with E-state index in [4.69, 9.17) is 4.98 Å². The number of hydrogen-bond donors (Lipinski definition) is 2. The minimum Gasteiger partial charge on any atom is -0.376 e. The molecule has 178 valence electrons. The van der Waals surface area contributed by atoms with E-state index in [0.29, 0.717) is 5.69 Å². The lowest BCUT2D eigenvalue weighted by Gasteiger charge is -2.12. The highest BCUT2D eigenvalue weighted by atomic mass is 19.1. The number of hydrogen-bond acceptors (Lipinski definition) is 5. The molecule has 2 N–H and O–H groups in total. The van der Waals surface area contributed by atoms with Crippen molar-refractivity contribution < 1.29 is 4.39 Å². The lowest BCUT2D eigenvalue weighted by atomic mass is 10.0. The van der Waals surface area contributed by atoms with Crippen molar-refractivity contribution in [1.82, 2.24) is 30.1 Å². The van der Waals surface area contributed by atoms with E-state index in [1.807, 2.05) is 68.6 Å². The molecular weight excluding hydrogens is 453 g/mol. The predicted octanol–water partition coefficient (Wildman–Crippen LogP) is 6.00. The summed E-state index contributed by atoms with van der Waals surface area (Å²) in [5.41, 5.74) is 9.15. The van der Waals surface area contributed by atoms with Gasteiger partial charge in [0.2, 0.25) is 0 Å². The summed E-state index contributed by atoms with van der Waals surface area (Å²) in [6, 6.07) is 15.0. The highest BCUT2D eigenvalue weighted by Crippen LogP contribution is 2.34. The lowest BCUT2D eigenvalue weighted by molar-refractivity contribution is 0.626.